The van der Waals surface area contributed by atoms with E-state index < -0.39 is 23.3 Å². The van der Waals surface area contributed by atoms with E-state index in [1.165, 1.54) is 4.90 Å². The maximum atomic E-state index is 13.9. The maximum Gasteiger partial charge on any atom is 0.458 e. The lowest BCUT2D eigenvalue weighted by Crippen LogP contribution is -2.42. The van der Waals surface area contributed by atoms with Gasteiger partial charge in [-0.15, -0.1) is 0 Å². The van der Waals surface area contributed by atoms with Gasteiger partial charge in [0, 0.05) is 36.2 Å². The Kier molecular flexibility index (Phi) is 4.94. The first-order valence-electron chi connectivity index (χ1n) is 8.87. The quantitative estimate of drug-likeness (QED) is 0.770. The van der Waals surface area contributed by atoms with Crippen LogP contribution < -0.4 is 10.1 Å². The van der Waals surface area contributed by atoms with Crippen molar-refractivity contribution in [1.82, 2.24) is 10.2 Å². The minimum Gasteiger partial charge on any atom is -0.483 e. The minimum absolute atomic E-state index is 0.0706. The number of alkyl halides is 5. The third kappa shape index (κ3) is 3.25. The molecule has 1 amide bonds. The summed E-state index contributed by atoms with van der Waals surface area (Å²) in [7, 11) is 1.68. The number of rotatable bonds is 4. The molecular weight excluding hydrogens is 383 g/mol. The van der Waals surface area contributed by atoms with E-state index in [1.807, 2.05) is 0 Å². The number of hydrogen-bond donors (Lipinski definition) is 1. The summed E-state index contributed by atoms with van der Waals surface area (Å²) in [6, 6.07) is 2.62. The molecule has 9 heteroatoms. The Morgan fingerprint density at radius 2 is 1.89 bits per heavy atom. The van der Waals surface area contributed by atoms with E-state index in [0.29, 0.717) is 30.7 Å². The molecule has 0 radical (unpaired) electrons. The number of nitrogens with one attached hydrogen (secondary N) is 1. The molecule has 0 saturated carbocycles. The van der Waals surface area contributed by atoms with Crippen LogP contribution in [0.2, 0.25) is 0 Å². The van der Waals surface area contributed by atoms with Crippen LogP contribution in [0, 0.1) is 0 Å². The molecule has 0 atom stereocenters. The number of likely N-dealkylation sites (N-methyl/N-ethyl adjacent to an activating group) is 1. The van der Waals surface area contributed by atoms with Crippen molar-refractivity contribution >= 4 is 11.6 Å². The molecule has 1 aromatic rings. The SMILES string of the molecule is CNCC1=C(N2CCCC2=O)c2cc(C(F)(F)C(F)(F)F)ccc2OC1(C)C. The van der Waals surface area contributed by atoms with E-state index in [1.54, 1.807) is 20.9 Å². The van der Waals surface area contributed by atoms with Crippen LogP contribution in [-0.4, -0.2) is 42.7 Å². The highest BCUT2D eigenvalue weighted by Gasteiger charge is 2.59. The minimum atomic E-state index is -5.73. The average molecular weight is 404 g/mol. The number of fused-ring (bicyclic) bond motifs is 1. The lowest BCUT2D eigenvalue weighted by Gasteiger charge is -2.40. The summed E-state index contributed by atoms with van der Waals surface area (Å²) in [5.74, 6) is -5.04. The summed E-state index contributed by atoms with van der Waals surface area (Å²) in [4.78, 5) is 13.9. The van der Waals surface area contributed by atoms with Crippen molar-refractivity contribution in [3.05, 3.63) is 34.9 Å². The summed E-state index contributed by atoms with van der Waals surface area (Å²) in [6.07, 6.45) is -4.84. The number of likely N-dealkylation sites (tertiary alicyclic amines) is 1. The van der Waals surface area contributed by atoms with Crippen LogP contribution in [-0.2, 0) is 10.7 Å². The van der Waals surface area contributed by atoms with Gasteiger partial charge in [0.25, 0.3) is 0 Å². The van der Waals surface area contributed by atoms with Gasteiger partial charge in [0.1, 0.15) is 11.4 Å². The number of amides is 1. The number of nitrogens with zero attached hydrogens (tertiary/aromatic N) is 1. The van der Waals surface area contributed by atoms with E-state index in [2.05, 4.69) is 5.32 Å². The fourth-order valence-corrected chi connectivity index (χ4v) is 3.61. The smallest absolute Gasteiger partial charge is 0.458 e. The van der Waals surface area contributed by atoms with Crippen LogP contribution in [0.1, 0.15) is 37.8 Å². The van der Waals surface area contributed by atoms with Crippen molar-refractivity contribution in [2.75, 3.05) is 20.1 Å². The van der Waals surface area contributed by atoms with Crippen LogP contribution in [0.3, 0.4) is 0 Å². The number of benzene rings is 1. The van der Waals surface area contributed by atoms with Crippen molar-refractivity contribution in [2.24, 2.45) is 0 Å². The van der Waals surface area contributed by atoms with Gasteiger partial charge in [0.05, 0.1) is 5.70 Å². The monoisotopic (exact) mass is 404 g/mol. The second-order valence-electron chi connectivity index (χ2n) is 7.40. The molecule has 2 heterocycles. The van der Waals surface area contributed by atoms with Crippen LogP contribution in [0.15, 0.2) is 23.8 Å². The molecule has 0 spiro atoms. The second-order valence-corrected chi connectivity index (χ2v) is 7.40. The topological polar surface area (TPSA) is 41.6 Å². The number of hydrogen-bond acceptors (Lipinski definition) is 3. The van der Waals surface area contributed by atoms with E-state index in [9.17, 15) is 26.7 Å². The molecule has 1 fully saturated rings. The van der Waals surface area contributed by atoms with Crippen LogP contribution in [0.25, 0.3) is 5.70 Å². The van der Waals surface area contributed by atoms with E-state index in [-0.39, 0.29) is 23.8 Å². The predicted octanol–water partition coefficient (Wildman–Crippen LogP) is 4.06. The lowest BCUT2D eigenvalue weighted by atomic mass is 9.87. The number of carbonyl (C=O) groups excluding carboxylic acids is 1. The Morgan fingerprint density at radius 3 is 2.43 bits per heavy atom. The van der Waals surface area contributed by atoms with Crippen molar-refractivity contribution in [1.29, 1.82) is 0 Å². The molecule has 1 aromatic carbocycles. The van der Waals surface area contributed by atoms with Gasteiger partial charge >= 0.3 is 12.1 Å². The maximum absolute atomic E-state index is 13.9. The fourth-order valence-electron chi connectivity index (χ4n) is 3.61. The number of ether oxygens (including phenoxy) is 1. The molecule has 1 N–H and O–H groups in total. The van der Waals surface area contributed by atoms with Crippen LogP contribution in [0.4, 0.5) is 22.0 Å². The summed E-state index contributed by atoms with van der Waals surface area (Å²) in [5.41, 5.74) is -1.02. The Labute approximate surface area is 159 Å². The van der Waals surface area contributed by atoms with Crippen molar-refractivity contribution in [2.45, 2.75) is 44.4 Å². The first-order chi connectivity index (χ1) is 12.9. The Morgan fingerprint density at radius 1 is 1.21 bits per heavy atom. The highest BCUT2D eigenvalue weighted by atomic mass is 19.4. The molecule has 0 unspecified atom stereocenters. The molecule has 4 nitrogen and oxygen atoms in total. The van der Waals surface area contributed by atoms with Gasteiger partial charge in [-0.1, -0.05) is 0 Å². The fraction of sp³-hybridized carbons (Fsp3) is 0.526. The predicted molar refractivity (Wildman–Crippen MR) is 92.9 cm³/mol. The Balaban J connectivity index is 2.24. The average Bonchev–Trinajstić information content (AvgIpc) is 2.99. The highest BCUT2D eigenvalue weighted by molar-refractivity contribution is 5.91. The molecule has 1 saturated heterocycles. The molecule has 2 aliphatic heterocycles. The summed E-state index contributed by atoms with van der Waals surface area (Å²) in [5, 5.41) is 2.96. The van der Waals surface area contributed by atoms with E-state index >= 15 is 0 Å². The number of carbonyl (C=O) groups is 1. The zero-order valence-electron chi connectivity index (χ0n) is 15.7. The Hall–Kier alpha value is -2.16. The molecule has 0 aliphatic carbocycles. The molecule has 0 aromatic heterocycles. The second kappa shape index (κ2) is 6.72. The highest BCUT2D eigenvalue weighted by Crippen LogP contribution is 2.48. The molecular formula is C19H21F5N2O2. The van der Waals surface area contributed by atoms with Crippen molar-refractivity contribution in [3.63, 3.8) is 0 Å². The third-order valence-electron chi connectivity index (χ3n) is 5.03. The zero-order valence-corrected chi connectivity index (χ0v) is 15.7. The van der Waals surface area contributed by atoms with E-state index in [0.717, 1.165) is 18.2 Å². The summed E-state index contributed by atoms with van der Waals surface area (Å²) >= 11 is 0. The van der Waals surface area contributed by atoms with Gasteiger partial charge in [-0.2, -0.15) is 22.0 Å². The van der Waals surface area contributed by atoms with Crippen molar-refractivity contribution in [3.8, 4) is 5.75 Å². The summed E-state index contributed by atoms with van der Waals surface area (Å²) in [6.45, 7) is 4.19. The largest absolute Gasteiger partial charge is 0.483 e. The van der Waals surface area contributed by atoms with Crippen molar-refractivity contribution < 1.29 is 31.5 Å². The Bertz CT molecular complexity index is 830. The van der Waals surface area contributed by atoms with Crippen LogP contribution in [0.5, 0.6) is 5.75 Å². The molecule has 0 bridgehead atoms. The standard InChI is InChI=1S/C19H21F5N2O2/c1-17(2)13(10-25-3)16(26-8-4-5-15(26)27)12-9-11(6-7-14(12)28-17)18(20,21)19(22,23)24/h6-7,9,25H,4-5,8,10H2,1-3H3. The zero-order chi connectivity index (χ0) is 20.9. The van der Waals surface area contributed by atoms with Gasteiger partial charge in [0.2, 0.25) is 5.91 Å². The molecule has 154 valence electrons. The van der Waals surface area contributed by atoms with Gasteiger partial charge < -0.3 is 15.0 Å². The first kappa shape index (κ1) is 20.6. The van der Waals surface area contributed by atoms with Gasteiger partial charge in [0.15, 0.2) is 0 Å². The third-order valence-corrected chi connectivity index (χ3v) is 5.03. The van der Waals surface area contributed by atoms with Gasteiger partial charge in [-0.25, -0.2) is 0 Å². The molecule has 28 heavy (non-hydrogen) atoms. The lowest BCUT2D eigenvalue weighted by molar-refractivity contribution is -0.289. The van der Waals surface area contributed by atoms with Gasteiger partial charge in [-0.3, -0.25) is 4.79 Å². The number of halogens is 5. The first-order valence-corrected chi connectivity index (χ1v) is 8.87. The normalized spacial score (nSPS) is 19.7. The molecule has 3 rings (SSSR count). The van der Waals surface area contributed by atoms with E-state index in [4.69, 9.17) is 4.74 Å². The van der Waals surface area contributed by atoms with Gasteiger partial charge in [-0.05, 0) is 45.5 Å². The van der Waals surface area contributed by atoms with Crippen LogP contribution >= 0.6 is 0 Å². The summed E-state index contributed by atoms with van der Waals surface area (Å²) < 4.78 is 72.4. The molecule has 2 aliphatic rings.